The summed E-state index contributed by atoms with van der Waals surface area (Å²) in [5.74, 6) is -0.594. The highest BCUT2D eigenvalue weighted by atomic mass is 35.5. The minimum Gasteiger partial charge on any atom is -0.347 e. The van der Waals surface area contributed by atoms with Crippen LogP contribution in [0.5, 0.6) is 0 Å². The van der Waals surface area contributed by atoms with Crippen molar-refractivity contribution in [1.29, 1.82) is 0 Å². The lowest BCUT2D eigenvalue weighted by Crippen LogP contribution is -2.41. The number of benzene rings is 1. The molecule has 1 amide bonds. The molecular formula is C17H17ClFN5OS. The number of hydrogen-bond acceptors (Lipinski definition) is 5. The molecule has 3 rings (SSSR count). The number of carbonyl (C=O) groups excluding carboxylic acids is 1. The number of thiazole rings is 1. The normalized spacial score (nSPS) is 12.2. The molecule has 0 fully saturated rings. The third kappa shape index (κ3) is 4.09. The maximum absolute atomic E-state index is 13.3. The summed E-state index contributed by atoms with van der Waals surface area (Å²) >= 11 is 7.33. The van der Waals surface area contributed by atoms with Crippen LogP contribution in [0.3, 0.4) is 0 Å². The standard InChI is InChI=1S/C17H17ClFN5OS/c1-24-15(13(18)8-22-24)17-21-9-14(26-17)16(25)23-12(7-20)6-10-3-2-4-11(19)5-10/h2-5,8-9,12H,6-7,20H2,1H3,(H,23,25). The maximum Gasteiger partial charge on any atom is 0.263 e. The van der Waals surface area contributed by atoms with Crippen LogP contribution in [-0.4, -0.2) is 33.3 Å². The number of carbonyl (C=O) groups is 1. The number of nitrogens with zero attached hydrogens (tertiary/aromatic N) is 3. The molecule has 0 aliphatic carbocycles. The number of aryl methyl sites for hydroxylation is 1. The summed E-state index contributed by atoms with van der Waals surface area (Å²) in [4.78, 5) is 17.2. The zero-order valence-electron chi connectivity index (χ0n) is 13.9. The first-order valence-electron chi connectivity index (χ1n) is 7.87. The summed E-state index contributed by atoms with van der Waals surface area (Å²) in [6.07, 6.45) is 3.47. The Morgan fingerprint density at radius 1 is 1.46 bits per heavy atom. The third-order valence-electron chi connectivity index (χ3n) is 3.82. The molecular weight excluding hydrogens is 377 g/mol. The van der Waals surface area contributed by atoms with E-state index in [1.165, 1.54) is 35.9 Å². The summed E-state index contributed by atoms with van der Waals surface area (Å²) in [5, 5.41) is 8.01. The Balaban J connectivity index is 1.71. The van der Waals surface area contributed by atoms with Gasteiger partial charge in [0.05, 0.1) is 17.4 Å². The number of hydrogen-bond donors (Lipinski definition) is 2. The van der Waals surface area contributed by atoms with E-state index in [1.54, 1.807) is 23.9 Å². The molecule has 9 heteroatoms. The molecule has 0 saturated carbocycles. The molecule has 2 aromatic heterocycles. The van der Waals surface area contributed by atoms with E-state index in [2.05, 4.69) is 15.4 Å². The van der Waals surface area contributed by atoms with E-state index < -0.39 is 0 Å². The van der Waals surface area contributed by atoms with Gasteiger partial charge in [0, 0.05) is 19.6 Å². The van der Waals surface area contributed by atoms with Gasteiger partial charge in [-0.3, -0.25) is 9.48 Å². The number of rotatable bonds is 6. The highest BCUT2D eigenvalue weighted by Crippen LogP contribution is 2.30. The molecule has 1 atom stereocenters. The summed E-state index contributed by atoms with van der Waals surface area (Å²) in [6, 6.07) is 5.93. The van der Waals surface area contributed by atoms with E-state index >= 15 is 0 Å². The van der Waals surface area contributed by atoms with E-state index in [4.69, 9.17) is 17.3 Å². The molecule has 0 aliphatic heterocycles. The highest BCUT2D eigenvalue weighted by molar-refractivity contribution is 7.16. The topological polar surface area (TPSA) is 85.8 Å². The molecule has 0 radical (unpaired) electrons. The Morgan fingerprint density at radius 3 is 2.92 bits per heavy atom. The fourth-order valence-corrected chi connectivity index (χ4v) is 3.76. The Morgan fingerprint density at radius 2 is 2.27 bits per heavy atom. The summed E-state index contributed by atoms with van der Waals surface area (Å²) in [5.41, 5.74) is 7.19. The predicted molar refractivity (Wildman–Crippen MR) is 99.7 cm³/mol. The molecule has 26 heavy (non-hydrogen) atoms. The minimum absolute atomic E-state index is 0.238. The van der Waals surface area contributed by atoms with Crippen LogP contribution in [0.2, 0.25) is 5.02 Å². The second-order valence-electron chi connectivity index (χ2n) is 5.73. The molecule has 6 nitrogen and oxygen atoms in total. The zero-order valence-corrected chi connectivity index (χ0v) is 15.5. The molecule has 0 spiro atoms. The van der Waals surface area contributed by atoms with Crippen LogP contribution in [0.25, 0.3) is 10.7 Å². The Kier molecular flexibility index (Phi) is 5.65. The Labute approximate surface area is 158 Å². The molecule has 0 aliphatic rings. The van der Waals surface area contributed by atoms with Gasteiger partial charge in [-0.15, -0.1) is 11.3 Å². The average Bonchev–Trinajstić information content (AvgIpc) is 3.21. The molecule has 136 valence electrons. The van der Waals surface area contributed by atoms with E-state index in [0.717, 1.165) is 5.56 Å². The smallest absolute Gasteiger partial charge is 0.263 e. The molecule has 1 unspecified atom stereocenters. The molecule has 1 aromatic carbocycles. The van der Waals surface area contributed by atoms with Gasteiger partial charge in [0.25, 0.3) is 5.91 Å². The van der Waals surface area contributed by atoms with Crippen molar-refractivity contribution in [3.8, 4) is 10.7 Å². The first kappa shape index (κ1) is 18.5. The van der Waals surface area contributed by atoms with Crippen LogP contribution in [-0.2, 0) is 13.5 Å². The maximum atomic E-state index is 13.3. The summed E-state index contributed by atoms with van der Waals surface area (Å²) in [7, 11) is 1.76. The lowest BCUT2D eigenvalue weighted by atomic mass is 10.1. The first-order chi connectivity index (χ1) is 12.5. The van der Waals surface area contributed by atoms with Crippen LogP contribution >= 0.6 is 22.9 Å². The van der Waals surface area contributed by atoms with Gasteiger partial charge in [-0.25, -0.2) is 9.37 Å². The summed E-state index contributed by atoms with van der Waals surface area (Å²) < 4.78 is 14.9. The van der Waals surface area contributed by atoms with Crippen molar-refractivity contribution < 1.29 is 9.18 Å². The van der Waals surface area contributed by atoms with Crippen molar-refractivity contribution in [3.05, 3.63) is 57.9 Å². The van der Waals surface area contributed by atoms with Crippen LogP contribution in [0.15, 0.2) is 36.7 Å². The molecule has 2 heterocycles. The van der Waals surface area contributed by atoms with Crippen molar-refractivity contribution in [1.82, 2.24) is 20.1 Å². The van der Waals surface area contributed by atoms with E-state index in [0.29, 0.717) is 27.0 Å². The highest BCUT2D eigenvalue weighted by Gasteiger charge is 2.19. The van der Waals surface area contributed by atoms with Crippen molar-refractivity contribution in [2.45, 2.75) is 12.5 Å². The van der Waals surface area contributed by atoms with E-state index in [9.17, 15) is 9.18 Å². The van der Waals surface area contributed by atoms with Crippen molar-refractivity contribution >= 4 is 28.8 Å². The number of nitrogens with two attached hydrogens (primary N) is 1. The molecule has 0 bridgehead atoms. The van der Waals surface area contributed by atoms with Gasteiger partial charge in [0.2, 0.25) is 0 Å². The van der Waals surface area contributed by atoms with Gasteiger partial charge >= 0.3 is 0 Å². The van der Waals surface area contributed by atoms with Crippen LogP contribution in [0.1, 0.15) is 15.2 Å². The van der Waals surface area contributed by atoms with Gasteiger partial charge < -0.3 is 11.1 Å². The SMILES string of the molecule is Cn1ncc(Cl)c1-c1ncc(C(=O)NC(CN)Cc2cccc(F)c2)s1. The number of aromatic nitrogens is 3. The lowest BCUT2D eigenvalue weighted by Gasteiger charge is -2.16. The summed E-state index contributed by atoms with van der Waals surface area (Å²) in [6.45, 7) is 0.238. The zero-order chi connectivity index (χ0) is 18.7. The van der Waals surface area contributed by atoms with Gasteiger partial charge in [-0.05, 0) is 24.1 Å². The Hall–Kier alpha value is -2.29. The van der Waals surface area contributed by atoms with Gasteiger partial charge in [-0.1, -0.05) is 23.7 Å². The van der Waals surface area contributed by atoms with Crippen molar-refractivity contribution in [3.63, 3.8) is 0 Å². The van der Waals surface area contributed by atoms with Crippen molar-refractivity contribution in [2.75, 3.05) is 6.54 Å². The Bertz CT molecular complexity index is 906. The van der Waals surface area contributed by atoms with E-state index in [-0.39, 0.29) is 24.3 Å². The van der Waals surface area contributed by atoms with Crippen LogP contribution < -0.4 is 11.1 Å². The fourth-order valence-electron chi connectivity index (χ4n) is 2.54. The molecule has 3 aromatic rings. The molecule has 3 N–H and O–H groups in total. The van der Waals surface area contributed by atoms with Gasteiger partial charge in [-0.2, -0.15) is 5.10 Å². The molecule has 0 saturated heterocycles. The predicted octanol–water partition coefficient (Wildman–Crippen LogP) is 2.64. The van der Waals surface area contributed by atoms with Gasteiger partial charge in [0.1, 0.15) is 21.4 Å². The van der Waals surface area contributed by atoms with E-state index in [1.807, 2.05) is 0 Å². The number of nitrogens with one attached hydrogen (secondary N) is 1. The quantitative estimate of drug-likeness (QED) is 0.674. The largest absolute Gasteiger partial charge is 0.347 e. The average molecular weight is 394 g/mol. The lowest BCUT2D eigenvalue weighted by molar-refractivity contribution is 0.0942. The number of halogens is 2. The number of amides is 1. The van der Waals surface area contributed by atoms with Crippen molar-refractivity contribution in [2.24, 2.45) is 12.8 Å². The second kappa shape index (κ2) is 7.94. The fraction of sp³-hybridized carbons (Fsp3) is 0.235. The van der Waals surface area contributed by atoms with Gasteiger partial charge in [0.15, 0.2) is 0 Å². The monoisotopic (exact) mass is 393 g/mol. The second-order valence-corrected chi connectivity index (χ2v) is 7.17. The minimum atomic E-state index is -0.315. The van der Waals surface area contributed by atoms with Crippen LogP contribution in [0, 0.1) is 5.82 Å². The first-order valence-corrected chi connectivity index (χ1v) is 9.06. The van der Waals surface area contributed by atoms with Crippen LogP contribution in [0.4, 0.5) is 4.39 Å². The third-order valence-corrected chi connectivity index (χ3v) is 5.10.